The van der Waals surface area contributed by atoms with E-state index in [0.29, 0.717) is 6.54 Å². The van der Waals surface area contributed by atoms with Crippen molar-refractivity contribution >= 4 is 15.9 Å². The van der Waals surface area contributed by atoms with Crippen molar-refractivity contribution in [3.05, 3.63) is 29.8 Å². The zero-order chi connectivity index (χ0) is 17.7. The van der Waals surface area contributed by atoms with Crippen LogP contribution in [-0.4, -0.2) is 57.6 Å². The Morgan fingerprint density at radius 3 is 2.38 bits per heavy atom. The van der Waals surface area contributed by atoms with Gasteiger partial charge in [0.25, 0.3) is 0 Å². The second kappa shape index (κ2) is 8.06. The average molecular weight is 355 g/mol. The number of nitrogens with two attached hydrogens (primary N) is 1. The van der Waals surface area contributed by atoms with Crippen molar-refractivity contribution in [2.75, 3.05) is 26.2 Å². The summed E-state index contributed by atoms with van der Waals surface area (Å²) < 4.78 is 32.7. The van der Waals surface area contributed by atoms with Crippen molar-refractivity contribution in [3.63, 3.8) is 0 Å². The highest BCUT2D eigenvalue weighted by atomic mass is 32.2. The van der Waals surface area contributed by atoms with Gasteiger partial charge in [-0.2, -0.15) is 0 Å². The summed E-state index contributed by atoms with van der Waals surface area (Å²) in [6, 6.07) is 5.59. The highest BCUT2D eigenvalue weighted by molar-refractivity contribution is 7.89. The van der Waals surface area contributed by atoms with E-state index >= 15 is 0 Å². The van der Waals surface area contributed by atoms with Crippen LogP contribution in [0.25, 0.3) is 0 Å². The number of amides is 1. The van der Waals surface area contributed by atoms with Crippen LogP contribution in [0.2, 0.25) is 0 Å². The monoisotopic (exact) mass is 355 g/mol. The topological polar surface area (TPSA) is 102 Å². The minimum absolute atomic E-state index is 0.126. The van der Waals surface area contributed by atoms with Crippen LogP contribution in [-0.2, 0) is 14.8 Å². The van der Waals surface area contributed by atoms with Gasteiger partial charge in [0.15, 0.2) is 0 Å². The Labute approximate surface area is 143 Å². The van der Waals surface area contributed by atoms with Crippen molar-refractivity contribution in [1.29, 1.82) is 0 Å². The van der Waals surface area contributed by atoms with Crippen molar-refractivity contribution in [2.24, 2.45) is 5.73 Å². The molecule has 7 nitrogen and oxygen atoms in total. The molecule has 1 fully saturated rings. The van der Waals surface area contributed by atoms with Gasteiger partial charge in [-0.25, -0.2) is 13.1 Å². The molecule has 1 aromatic rings. The predicted molar refractivity (Wildman–Crippen MR) is 91.2 cm³/mol. The molecule has 134 valence electrons. The van der Waals surface area contributed by atoms with E-state index in [-0.39, 0.29) is 22.7 Å². The highest BCUT2D eigenvalue weighted by Crippen LogP contribution is 2.12. The van der Waals surface area contributed by atoms with Gasteiger partial charge in [0.1, 0.15) is 0 Å². The molecule has 2 unspecified atom stereocenters. The quantitative estimate of drug-likeness (QED) is 0.696. The lowest BCUT2D eigenvalue weighted by Crippen LogP contribution is -2.46. The Morgan fingerprint density at radius 1 is 1.25 bits per heavy atom. The Morgan fingerprint density at radius 2 is 1.83 bits per heavy atom. The van der Waals surface area contributed by atoms with E-state index < -0.39 is 15.9 Å². The van der Waals surface area contributed by atoms with Crippen molar-refractivity contribution < 1.29 is 17.9 Å². The molecule has 0 saturated carbocycles. The Balaban J connectivity index is 1.81. The number of hydrogen-bond acceptors (Lipinski definition) is 5. The third-order valence-corrected chi connectivity index (χ3v) is 5.36. The van der Waals surface area contributed by atoms with Crippen molar-refractivity contribution in [3.8, 4) is 0 Å². The first kappa shape index (κ1) is 18.9. The van der Waals surface area contributed by atoms with Crippen LogP contribution in [0.4, 0.5) is 0 Å². The molecule has 1 aliphatic heterocycles. The predicted octanol–water partition coefficient (Wildman–Crippen LogP) is 0.563. The molecule has 1 amide bonds. The molecule has 1 saturated heterocycles. The van der Waals surface area contributed by atoms with Gasteiger partial charge in [-0.05, 0) is 51.1 Å². The van der Waals surface area contributed by atoms with E-state index in [2.05, 4.69) is 9.62 Å². The molecule has 1 aromatic carbocycles. The van der Waals surface area contributed by atoms with Crippen LogP contribution in [0.15, 0.2) is 29.2 Å². The molecule has 2 atom stereocenters. The lowest BCUT2D eigenvalue weighted by atomic mass is 10.2. The summed E-state index contributed by atoms with van der Waals surface area (Å²) in [5.41, 5.74) is 5.43. The number of morpholine rings is 1. The summed E-state index contributed by atoms with van der Waals surface area (Å²) >= 11 is 0. The van der Waals surface area contributed by atoms with Gasteiger partial charge in [-0.3, -0.25) is 9.69 Å². The van der Waals surface area contributed by atoms with Crippen LogP contribution in [0, 0.1) is 0 Å². The van der Waals surface area contributed by atoms with Gasteiger partial charge in [-0.15, -0.1) is 0 Å². The highest BCUT2D eigenvalue weighted by Gasteiger charge is 2.21. The summed E-state index contributed by atoms with van der Waals surface area (Å²) in [6.07, 6.45) is 1.13. The Bertz CT molecular complexity index is 650. The molecule has 0 aromatic heterocycles. The Hall–Kier alpha value is -1.48. The maximum atomic E-state index is 12.2. The largest absolute Gasteiger partial charge is 0.373 e. The fourth-order valence-corrected chi connectivity index (χ4v) is 3.93. The summed E-state index contributed by atoms with van der Waals surface area (Å²) in [5.74, 6) is -0.583. The minimum Gasteiger partial charge on any atom is -0.373 e. The zero-order valence-corrected chi connectivity index (χ0v) is 14.9. The van der Waals surface area contributed by atoms with Crippen molar-refractivity contribution in [1.82, 2.24) is 9.62 Å². The lowest BCUT2D eigenvalue weighted by Gasteiger charge is -2.35. The van der Waals surface area contributed by atoms with Crippen molar-refractivity contribution in [2.45, 2.75) is 37.4 Å². The third kappa shape index (κ3) is 5.27. The number of nitrogens with zero attached hydrogens (tertiary/aromatic N) is 1. The molecule has 0 spiro atoms. The van der Waals surface area contributed by atoms with Gasteiger partial charge < -0.3 is 10.5 Å². The number of primary amides is 1. The van der Waals surface area contributed by atoms with E-state index in [4.69, 9.17) is 10.5 Å². The standard InChI is InChI=1S/C16H25N3O4S/c1-12-10-19(11-13(2)23-12)9-3-8-18-24(21,22)15-6-4-14(5-7-15)16(17)20/h4-7,12-13,18H,3,8-11H2,1-2H3,(H2,17,20). The van der Waals surface area contributed by atoms with Crippen LogP contribution >= 0.6 is 0 Å². The van der Waals surface area contributed by atoms with E-state index in [1.165, 1.54) is 24.3 Å². The fraction of sp³-hybridized carbons (Fsp3) is 0.562. The molecule has 8 heteroatoms. The molecule has 3 N–H and O–H groups in total. The number of ether oxygens (including phenoxy) is 1. The zero-order valence-electron chi connectivity index (χ0n) is 14.1. The maximum Gasteiger partial charge on any atom is 0.248 e. The van der Waals surface area contributed by atoms with Gasteiger partial charge in [0, 0.05) is 25.2 Å². The maximum absolute atomic E-state index is 12.2. The number of nitrogens with one attached hydrogen (secondary N) is 1. The Kier molecular flexibility index (Phi) is 6.34. The summed E-state index contributed by atoms with van der Waals surface area (Å²) in [7, 11) is -3.57. The van der Waals surface area contributed by atoms with Crippen LogP contribution in [0.5, 0.6) is 0 Å². The molecule has 2 rings (SSSR count). The van der Waals surface area contributed by atoms with E-state index in [1.807, 2.05) is 13.8 Å². The SMILES string of the molecule is CC1CN(CCCNS(=O)(=O)c2ccc(C(N)=O)cc2)CC(C)O1. The normalized spacial score (nSPS) is 22.4. The summed E-state index contributed by atoms with van der Waals surface area (Å²) in [4.78, 5) is 13.4. The van der Waals surface area contributed by atoms with Crippen LogP contribution in [0.3, 0.4) is 0 Å². The number of benzene rings is 1. The first-order valence-corrected chi connectivity index (χ1v) is 9.53. The molecular formula is C16H25N3O4S. The molecule has 1 heterocycles. The van der Waals surface area contributed by atoms with Gasteiger partial charge in [0.05, 0.1) is 17.1 Å². The third-order valence-electron chi connectivity index (χ3n) is 3.89. The lowest BCUT2D eigenvalue weighted by molar-refractivity contribution is -0.0679. The van der Waals surface area contributed by atoms with Gasteiger partial charge in [0.2, 0.25) is 15.9 Å². The summed E-state index contributed by atoms with van der Waals surface area (Å²) in [6.45, 7) is 7.00. The average Bonchev–Trinajstić information content (AvgIpc) is 2.51. The molecule has 0 bridgehead atoms. The number of carbonyl (C=O) groups is 1. The first-order valence-electron chi connectivity index (χ1n) is 8.05. The van der Waals surface area contributed by atoms with E-state index in [9.17, 15) is 13.2 Å². The minimum atomic E-state index is -3.57. The number of sulfonamides is 1. The summed E-state index contributed by atoms with van der Waals surface area (Å²) in [5, 5.41) is 0. The van der Waals surface area contributed by atoms with Crippen LogP contribution < -0.4 is 10.5 Å². The van der Waals surface area contributed by atoms with Gasteiger partial charge >= 0.3 is 0 Å². The molecule has 1 aliphatic rings. The number of hydrogen-bond donors (Lipinski definition) is 2. The molecular weight excluding hydrogens is 330 g/mol. The smallest absolute Gasteiger partial charge is 0.248 e. The molecule has 0 radical (unpaired) electrons. The van der Waals surface area contributed by atoms with E-state index in [0.717, 1.165) is 26.1 Å². The first-order chi connectivity index (χ1) is 11.3. The van der Waals surface area contributed by atoms with Gasteiger partial charge in [-0.1, -0.05) is 0 Å². The number of carbonyl (C=O) groups excluding carboxylic acids is 1. The second-order valence-corrected chi connectivity index (χ2v) is 7.92. The molecule has 0 aliphatic carbocycles. The number of rotatable bonds is 7. The fourth-order valence-electron chi connectivity index (χ4n) is 2.86. The van der Waals surface area contributed by atoms with E-state index in [1.54, 1.807) is 0 Å². The second-order valence-electron chi connectivity index (χ2n) is 6.16. The molecule has 24 heavy (non-hydrogen) atoms. The van der Waals surface area contributed by atoms with Crippen LogP contribution in [0.1, 0.15) is 30.6 Å².